The van der Waals surface area contributed by atoms with Crippen molar-refractivity contribution in [3.05, 3.63) is 35.9 Å². The lowest BCUT2D eigenvalue weighted by Crippen LogP contribution is -2.49. The van der Waals surface area contributed by atoms with Crippen LogP contribution in [0.5, 0.6) is 0 Å². The summed E-state index contributed by atoms with van der Waals surface area (Å²) in [5, 5.41) is 0. The van der Waals surface area contributed by atoms with Gasteiger partial charge < -0.3 is 10.6 Å². The van der Waals surface area contributed by atoms with Gasteiger partial charge in [0.1, 0.15) is 0 Å². The van der Waals surface area contributed by atoms with E-state index in [-0.39, 0.29) is 5.91 Å². The number of likely N-dealkylation sites (tertiary alicyclic amines) is 1. The predicted octanol–water partition coefficient (Wildman–Crippen LogP) is 2.74. The molecule has 3 rings (SSSR count). The van der Waals surface area contributed by atoms with Crippen molar-refractivity contribution >= 4 is 5.91 Å². The summed E-state index contributed by atoms with van der Waals surface area (Å²) < 4.78 is 0. The third kappa shape index (κ3) is 3.29. The minimum absolute atomic E-state index is 0.131. The van der Waals surface area contributed by atoms with Gasteiger partial charge >= 0.3 is 0 Å². The van der Waals surface area contributed by atoms with Crippen LogP contribution in [0, 0.1) is 5.41 Å². The number of nitrogens with zero attached hydrogens (tertiary/aromatic N) is 1. The van der Waals surface area contributed by atoms with Crippen LogP contribution in [0.2, 0.25) is 0 Å². The first-order chi connectivity index (χ1) is 10.2. The second-order valence-corrected chi connectivity index (χ2v) is 6.83. The molecule has 3 heteroatoms. The van der Waals surface area contributed by atoms with Gasteiger partial charge in [0.2, 0.25) is 5.91 Å². The lowest BCUT2D eigenvalue weighted by atomic mass is 9.77. The molecule has 21 heavy (non-hydrogen) atoms. The summed E-state index contributed by atoms with van der Waals surface area (Å²) in [6, 6.07) is 9.66. The quantitative estimate of drug-likeness (QED) is 0.928. The Hall–Kier alpha value is -1.35. The van der Waals surface area contributed by atoms with E-state index in [4.69, 9.17) is 5.73 Å². The van der Waals surface area contributed by atoms with Gasteiger partial charge in [0.05, 0.1) is 6.04 Å². The molecule has 0 unspecified atom stereocenters. The molecule has 1 heterocycles. The van der Waals surface area contributed by atoms with Crippen LogP contribution in [0.1, 0.15) is 44.1 Å². The predicted molar refractivity (Wildman–Crippen MR) is 84.8 cm³/mol. The molecule has 2 fully saturated rings. The van der Waals surface area contributed by atoms with Gasteiger partial charge in [0.15, 0.2) is 0 Å². The number of hydrogen-bond donors (Lipinski definition) is 1. The highest BCUT2D eigenvalue weighted by Crippen LogP contribution is 2.46. The molecule has 114 valence electrons. The third-order valence-electron chi connectivity index (χ3n) is 5.42. The first kappa shape index (κ1) is 14.6. The zero-order valence-electron chi connectivity index (χ0n) is 12.8. The van der Waals surface area contributed by atoms with Crippen molar-refractivity contribution in [3.8, 4) is 0 Å². The SMILES string of the molecule is N[C@@H](Cc1ccccc1)C(=O)N1CCC2(CCCC2)CC1. The molecule has 1 aromatic carbocycles. The Balaban J connectivity index is 1.54. The zero-order chi connectivity index (χ0) is 14.7. The highest BCUT2D eigenvalue weighted by atomic mass is 16.2. The maximum absolute atomic E-state index is 12.5. The highest BCUT2D eigenvalue weighted by Gasteiger charge is 2.38. The molecule has 1 aromatic rings. The molecule has 1 saturated carbocycles. The topological polar surface area (TPSA) is 46.3 Å². The summed E-state index contributed by atoms with van der Waals surface area (Å²) in [5.74, 6) is 0.131. The van der Waals surface area contributed by atoms with Crippen molar-refractivity contribution in [3.63, 3.8) is 0 Å². The molecule has 1 amide bonds. The molecule has 0 radical (unpaired) electrons. The Kier molecular flexibility index (Phi) is 4.29. The number of nitrogens with two attached hydrogens (primary N) is 1. The fourth-order valence-corrected chi connectivity index (χ4v) is 4.02. The number of hydrogen-bond acceptors (Lipinski definition) is 2. The number of carbonyl (C=O) groups is 1. The van der Waals surface area contributed by atoms with E-state index in [1.807, 2.05) is 35.2 Å². The molecule has 1 atom stereocenters. The van der Waals surface area contributed by atoms with Crippen molar-refractivity contribution in [2.75, 3.05) is 13.1 Å². The fourth-order valence-electron chi connectivity index (χ4n) is 4.02. The number of amides is 1. The summed E-state index contributed by atoms with van der Waals surface area (Å²) in [7, 11) is 0. The summed E-state index contributed by atoms with van der Waals surface area (Å²) >= 11 is 0. The maximum atomic E-state index is 12.5. The van der Waals surface area contributed by atoms with E-state index in [1.54, 1.807) is 0 Å². The van der Waals surface area contributed by atoms with Crippen LogP contribution in [-0.2, 0) is 11.2 Å². The molecule has 0 bridgehead atoms. The standard InChI is InChI=1S/C18H26N2O/c19-16(14-15-6-2-1-3-7-15)17(21)20-12-10-18(11-13-20)8-4-5-9-18/h1-3,6-7,16H,4-5,8-14,19H2/t16-/m0/s1. The third-order valence-corrected chi connectivity index (χ3v) is 5.42. The van der Waals surface area contributed by atoms with Gasteiger partial charge in [-0.15, -0.1) is 0 Å². The van der Waals surface area contributed by atoms with E-state index in [0.717, 1.165) is 18.7 Å². The van der Waals surface area contributed by atoms with Crippen LogP contribution in [-0.4, -0.2) is 29.9 Å². The molecular formula is C18H26N2O. The summed E-state index contributed by atoms with van der Waals surface area (Å²) in [5.41, 5.74) is 7.83. The Labute approximate surface area is 127 Å². The molecule has 0 aromatic heterocycles. The molecular weight excluding hydrogens is 260 g/mol. The second kappa shape index (κ2) is 6.18. The minimum atomic E-state index is -0.398. The van der Waals surface area contributed by atoms with Gasteiger partial charge in [-0.2, -0.15) is 0 Å². The van der Waals surface area contributed by atoms with E-state index in [2.05, 4.69) is 0 Å². The van der Waals surface area contributed by atoms with E-state index in [9.17, 15) is 4.79 Å². The Morgan fingerprint density at radius 2 is 1.71 bits per heavy atom. The first-order valence-corrected chi connectivity index (χ1v) is 8.27. The van der Waals surface area contributed by atoms with E-state index in [1.165, 1.54) is 38.5 Å². The lowest BCUT2D eigenvalue weighted by molar-refractivity contribution is -0.134. The number of rotatable bonds is 3. The van der Waals surface area contributed by atoms with Crippen LogP contribution >= 0.6 is 0 Å². The molecule has 2 aliphatic rings. The van der Waals surface area contributed by atoms with E-state index in [0.29, 0.717) is 11.8 Å². The normalized spacial score (nSPS) is 22.4. The molecule has 3 nitrogen and oxygen atoms in total. The zero-order valence-corrected chi connectivity index (χ0v) is 12.8. The van der Waals surface area contributed by atoms with Crippen molar-refractivity contribution in [1.29, 1.82) is 0 Å². The van der Waals surface area contributed by atoms with Gasteiger partial charge in [-0.25, -0.2) is 0 Å². The van der Waals surface area contributed by atoms with Crippen molar-refractivity contribution < 1.29 is 4.79 Å². The van der Waals surface area contributed by atoms with Crippen molar-refractivity contribution in [1.82, 2.24) is 4.90 Å². The molecule has 1 spiro atoms. The maximum Gasteiger partial charge on any atom is 0.239 e. The van der Waals surface area contributed by atoms with Crippen LogP contribution < -0.4 is 5.73 Å². The van der Waals surface area contributed by atoms with Crippen molar-refractivity contribution in [2.24, 2.45) is 11.1 Å². The summed E-state index contributed by atoms with van der Waals surface area (Å²) in [6.07, 6.45) is 8.48. The average Bonchev–Trinajstić information content (AvgIpc) is 2.96. The first-order valence-electron chi connectivity index (χ1n) is 8.27. The van der Waals surface area contributed by atoms with Crippen LogP contribution in [0.25, 0.3) is 0 Å². The number of carbonyl (C=O) groups excluding carboxylic acids is 1. The summed E-state index contributed by atoms with van der Waals surface area (Å²) in [4.78, 5) is 14.5. The highest BCUT2D eigenvalue weighted by molar-refractivity contribution is 5.82. The Morgan fingerprint density at radius 3 is 2.33 bits per heavy atom. The molecule has 1 saturated heterocycles. The molecule has 1 aliphatic heterocycles. The van der Waals surface area contributed by atoms with Crippen LogP contribution in [0.3, 0.4) is 0 Å². The minimum Gasteiger partial charge on any atom is -0.341 e. The van der Waals surface area contributed by atoms with Gasteiger partial charge in [0, 0.05) is 13.1 Å². The van der Waals surface area contributed by atoms with Gasteiger partial charge in [-0.05, 0) is 43.1 Å². The van der Waals surface area contributed by atoms with E-state index >= 15 is 0 Å². The lowest BCUT2D eigenvalue weighted by Gasteiger charge is -2.40. The van der Waals surface area contributed by atoms with Gasteiger partial charge in [-0.1, -0.05) is 43.2 Å². The second-order valence-electron chi connectivity index (χ2n) is 6.83. The number of piperidine rings is 1. The van der Waals surface area contributed by atoms with Crippen LogP contribution in [0.15, 0.2) is 30.3 Å². The smallest absolute Gasteiger partial charge is 0.239 e. The Morgan fingerprint density at radius 1 is 1.10 bits per heavy atom. The fraction of sp³-hybridized carbons (Fsp3) is 0.611. The average molecular weight is 286 g/mol. The Bertz CT molecular complexity index is 469. The van der Waals surface area contributed by atoms with Crippen LogP contribution in [0.4, 0.5) is 0 Å². The molecule has 1 aliphatic carbocycles. The number of benzene rings is 1. The molecule has 2 N–H and O–H groups in total. The van der Waals surface area contributed by atoms with Crippen molar-refractivity contribution in [2.45, 2.75) is 51.0 Å². The van der Waals surface area contributed by atoms with Gasteiger partial charge in [-0.3, -0.25) is 4.79 Å². The summed E-state index contributed by atoms with van der Waals surface area (Å²) in [6.45, 7) is 1.81. The van der Waals surface area contributed by atoms with Gasteiger partial charge in [0.25, 0.3) is 0 Å². The largest absolute Gasteiger partial charge is 0.341 e. The van der Waals surface area contributed by atoms with E-state index < -0.39 is 6.04 Å². The monoisotopic (exact) mass is 286 g/mol.